The average molecular weight is 281 g/mol. The molecule has 5 nitrogen and oxygen atoms in total. The Bertz CT molecular complexity index is 551. The van der Waals surface area contributed by atoms with E-state index < -0.39 is 0 Å². The van der Waals surface area contributed by atoms with E-state index in [0.717, 1.165) is 12.2 Å². The monoisotopic (exact) mass is 280 g/mol. The zero-order valence-corrected chi connectivity index (χ0v) is 11.4. The normalized spacial score (nSPS) is 16.3. The third-order valence-corrected chi connectivity index (χ3v) is 3.56. The van der Waals surface area contributed by atoms with Crippen LogP contribution in [0, 0.1) is 0 Å². The second-order valence-corrected chi connectivity index (χ2v) is 5.23. The average Bonchev–Trinajstić information content (AvgIpc) is 3.02. The zero-order chi connectivity index (χ0) is 13.1. The third-order valence-electron chi connectivity index (χ3n) is 3.34. The first kappa shape index (κ1) is 12.7. The highest BCUT2D eigenvalue weighted by Crippen LogP contribution is 2.20. The molecule has 1 saturated carbocycles. The molecule has 6 heteroatoms. The molecule has 0 unspecified atom stereocenters. The van der Waals surface area contributed by atoms with Crippen LogP contribution in [-0.2, 0) is 4.74 Å². The predicted octanol–water partition coefficient (Wildman–Crippen LogP) is 2.75. The van der Waals surface area contributed by atoms with E-state index in [1.165, 1.54) is 25.7 Å². The standard InChI is InChI=1S/C13H17ClN4O/c14-10-5-6-12-16-13(17-18(12)9-10)15-7-8-19-11-3-1-2-4-11/h5-6,9,11H,1-4,7-8H2,(H,15,17). The maximum absolute atomic E-state index is 5.90. The van der Waals surface area contributed by atoms with E-state index in [9.17, 15) is 0 Å². The molecule has 0 aromatic carbocycles. The van der Waals surface area contributed by atoms with Gasteiger partial charge in [-0.1, -0.05) is 24.4 Å². The Balaban J connectivity index is 1.50. The van der Waals surface area contributed by atoms with E-state index in [4.69, 9.17) is 16.3 Å². The van der Waals surface area contributed by atoms with Gasteiger partial charge < -0.3 is 10.1 Å². The molecule has 0 atom stereocenters. The third kappa shape index (κ3) is 3.16. The van der Waals surface area contributed by atoms with Gasteiger partial charge in [-0.25, -0.2) is 4.52 Å². The summed E-state index contributed by atoms with van der Waals surface area (Å²) in [7, 11) is 0. The van der Waals surface area contributed by atoms with Crippen LogP contribution in [0.25, 0.3) is 5.65 Å². The molecule has 0 aliphatic heterocycles. The lowest BCUT2D eigenvalue weighted by Gasteiger charge is -2.10. The number of nitrogens with zero attached hydrogens (tertiary/aromatic N) is 3. The summed E-state index contributed by atoms with van der Waals surface area (Å²) in [6.45, 7) is 1.42. The van der Waals surface area contributed by atoms with Crippen molar-refractivity contribution in [2.45, 2.75) is 31.8 Å². The van der Waals surface area contributed by atoms with Gasteiger partial charge in [0.1, 0.15) is 0 Å². The summed E-state index contributed by atoms with van der Waals surface area (Å²) in [5.74, 6) is 0.609. The van der Waals surface area contributed by atoms with Crippen molar-refractivity contribution in [3.63, 3.8) is 0 Å². The molecule has 0 amide bonds. The van der Waals surface area contributed by atoms with E-state index in [-0.39, 0.29) is 0 Å². The Kier molecular flexibility index (Phi) is 3.84. The maximum atomic E-state index is 5.90. The first-order chi connectivity index (χ1) is 9.31. The maximum Gasteiger partial charge on any atom is 0.243 e. The molecular weight excluding hydrogens is 264 g/mol. The fraction of sp³-hybridized carbons (Fsp3) is 0.538. The molecule has 1 fully saturated rings. The van der Waals surface area contributed by atoms with Crippen molar-refractivity contribution < 1.29 is 4.74 Å². The van der Waals surface area contributed by atoms with Gasteiger partial charge in [0.25, 0.3) is 0 Å². The molecule has 102 valence electrons. The summed E-state index contributed by atoms with van der Waals surface area (Å²) >= 11 is 5.90. The van der Waals surface area contributed by atoms with Crippen LogP contribution in [0.5, 0.6) is 0 Å². The smallest absolute Gasteiger partial charge is 0.243 e. The highest BCUT2D eigenvalue weighted by Gasteiger charge is 2.14. The van der Waals surface area contributed by atoms with E-state index >= 15 is 0 Å². The Morgan fingerprint density at radius 2 is 2.21 bits per heavy atom. The number of anilines is 1. The van der Waals surface area contributed by atoms with Gasteiger partial charge in [0, 0.05) is 12.7 Å². The van der Waals surface area contributed by atoms with Crippen molar-refractivity contribution in [1.82, 2.24) is 14.6 Å². The lowest BCUT2D eigenvalue weighted by Crippen LogP contribution is -2.15. The first-order valence-electron chi connectivity index (χ1n) is 6.69. The van der Waals surface area contributed by atoms with Crippen molar-refractivity contribution in [2.24, 2.45) is 0 Å². The number of halogens is 1. The van der Waals surface area contributed by atoms with Gasteiger partial charge in [-0.15, -0.1) is 5.10 Å². The zero-order valence-electron chi connectivity index (χ0n) is 10.7. The van der Waals surface area contributed by atoms with Gasteiger partial charge in [0.05, 0.1) is 17.7 Å². The SMILES string of the molecule is Clc1ccc2nc(NCCOC3CCCC3)nn2c1. The number of hydrogen-bond donors (Lipinski definition) is 1. The number of hydrogen-bond acceptors (Lipinski definition) is 4. The molecule has 0 spiro atoms. The quantitative estimate of drug-likeness (QED) is 0.856. The van der Waals surface area contributed by atoms with E-state index in [1.807, 2.05) is 6.07 Å². The number of aromatic nitrogens is 3. The van der Waals surface area contributed by atoms with Gasteiger partial charge in [0.2, 0.25) is 5.95 Å². The lowest BCUT2D eigenvalue weighted by molar-refractivity contribution is 0.0658. The molecule has 0 bridgehead atoms. The van der Waals surface area contributed by atoms with Crippen LogP contribution in [0.4, 0.5) is 5.95 Å². The second-order valence-electron chi connectivity index (χ2n) is 4.79. The van der Waals surface area contributed by atoms with Crippen molar-refractivity contribution in [2.75, 3.05) is 18.5 Å². The minimum atomic E-state index is 0.453. The van der Waals surface area contributed by atoms with Crippen LogP contribution in [0.2, 0.25) is 5.02 Å². The topological polar surface area (TPSA) is 51.5 Å². The Morgan fingerprint density at radius 3 is 3.05 bits per heavy atom. The van der Waals surface area contributed by atoms with Crippen molar-refractivity contribution >= 4 is 23.2 Å². The first-order valence-corrected chi connectivity index (χ1v) is 7.06. The minimum Gasteiger partial charge on any atom is -0.376 e. The van der Waals surface area contributed by atoms with Gasteiger partial charge in [0.15, 0.2) is 5.65 Å². The number of rotatable bonds is 5. The van der Waals surface area contributed by atoms with Crippen LogP contribution in [0.15, 0.2) is 18.3 Å². The number of pyridine rings is 1. The van der Waals surface area contributed by atoms with Gasteiger partial charge in [-0.05, 0) is 25.0 Å². The van der Waals surface area contributed by atoms with Crippen molar-refractivity contribution in [3.05, 3.63) is 23.4 Å². The summed E-state index contributed by atoms with van der Waals surface area (Å²) in [4.78, 5) is 4.35. The van der Waals surface area contributed by atoms with Crippen LogP contribution in [0.1, 0.15) is 25.7 Å². The summed E-state index contributed by atoms with van der Waals surface area (Å²) in [6.07, 6.45) is 7.19. The highest BCUT2D eigenvalue weighted by atomic mass is 35.5. The minimum absolute atomic E-state index is 0.453. The number of ether oxygens (including phenoxy) is 1. The molecule has 2 aromatic rings. The Hall–Kier alpha value is -1.33. The highest BCUT2D eigenvalue weighted by molar-refractivity contribution is 6.30. The molecular formula is C13H17ClN4O. The van der Waals surface area contributed by atoms with Gasteiger partial charge in [-0.3, -0.25) is 0 Å². The van der Waals surface area contributed by atoms with Crippen LogP contribution in [-0.4, -0.2) is 33.9 Å². The predicted molar refractivity (Wildman–Crippen MR) is 74.7 cm³/mol. The largest absolute Gasteiger partial charge is 0.376 e. The molecule has 3 rings (SSSR count). The molecule has 2 heterocycles. The fourth-order valence-electron chi connectivity index (χ4n) is 2.38. The van der Waals surface area contributed by atoms with Crippen molar-refractivity contribution in [3.8, 4) is 0 Å². The molecule has 2 aromatic heterocycles. The lowest BCUT2D eigenvalue weighted by atomic mass is 10.3. The van der Waals surface area contributed by atoms with Gasteiger partial charge in [-0.2, -0.15) is 4.98 Å². The van der Waals surface area contributed by atoms with E-state index in [1.54, 1.807) is 16.8 Å². The molecule has 0 radical (unpaired) electrons. The van der Waals surface area contributed by atoms with Crippen LogP contribution >= 0.6 is 11.6 Å². The Morgan fingerprint density at radius 1 is 1.37 bits per heavy atom. The second kappa shape index (κ2) is 5.75. The number of fused-ring (bicyclic) bond motifs is 1. The summed E-state index contributed by atoms with van der Waals surface area (Å²) < 4.78 is 7.44. The number of nitrogens with one attached hydrogen (secondary N) is 1. The summed E-state index contributed by atoms with van der Waals surface area (Å²) in [5, 5.41) is 8.11. The summed E-state index contributed by atoms with van der Waals surface area (Å²) in [6, 6.07) is 3.65. The molecule has 1 aliphatic rings. The van der Waals surface area contributed by atoms with Crippen LogP contribution < -0.4 is 5.32 Å². The van der Waals surface area contributed by atoms with Gasteiger partial charge >= 0.3 is 0 Å². The molecule has 1 N–H and O–H groups in total. The Labute approximate surface area is 116 Å². The summed E-state index contributed by atoms with van der Waals surface area (Å²) in [5.41, 5.74) is 0.781. The van der Waals surface area contributed by atoms with Crippen molar-refractivity contribution in [1.29, 1.82) is 0 Å². The van der Waals surface area contributed by atoms with E-state index in [2.05, 4.69) is 15.4 Å². The molecule has 0 saturated heterocycles. The molecule has 19 heavy (non-hydrogen) atoms. The fourth-order valence-corrected chi connectivity index (χ4v) is 2.53. The van der Waals surface area contributed by atoms with Crippen LogP contribution in [0.3, 0.4) is 0 Å². The molecule has 1 aliphatic carbocycles. The van der Waals surface area contributed by atoms with E-state index in [0.29, 0.717) is 23.7 Å².